The molecule has 4 heteroatoms. The molecular formula is C41H30N2O2. The van der Waals surface area contributed by atoms with E-state index in [9.17, 15) is 9.59 Å². The van der Waals surface area contributed by atoms with Crippen molar-refractivity contribution >= 4 is 39.3 Å². The van der Waals surface area contributed by atoms with Gasteiger partial charge in [0.1, 0.15) is 0 Å². The number of aryl methyl sites for hydroxylation is 3. The standard InChI is InChI=1S/C41H30N2O2/c1-25-21-26(2)38(27(3)22-25)30-19-20-36-34(24-30)32-15-7-8-17-35(32)43(36)37-18-10-16-33-39(37)41(45)42(40(33)44)31-14-9-13-29(23-31)28-11-5-4-6-12-28/h4-24H,1-3H3. The van der Waals surface area contributed by atoms with Crippen molar-refractivity contribution in [1.29, 1.82) is 0 Å². The molecule has 45 heavy (non-hydrogen) atoms. The molecule has 0 saturated carbocycles. The first kappa shape index (κ1) is 26.9. The summed E-state index contributed by atoms with van der Waals surface area (Å²) in [5.41, 5.74) is 12.2. The highest BCUT2D eigenvalue weighted by molar-refractivity contribution is 6.36. The molecular weight excluding hydrogens is 552 g/mol. The van der Waals surface area contributed by atoms with Crippen LogP contribution in [0.3, 0.4) is 0 Å². The zero-order valence-electron chi connectivity index (χ0n) is 25.3. The second-order valence-corrected chi connectivity index (χ2v) is 11.9. The van der Waals surface area contributed by atoms with Crippen LogP contribution in [0, 0.1) is 20.8 Å². The van der Waals surface area contributed by atoms with E-state index in [2.05, 4.69) is 67.8 Å². The lowest BCUT2D eigenvalue weighted by Crippen LogP contribution is -2.29. The Bertz CT molecular complexity index is 2320. The third kappa shape index (κ3) is 4.14. The van der Waals surface area contributed by atoms with E-state index in [1.54, 1.807) is 6.07 Å². The van der Waals surface area contributed by atoms with Crippen molar-refractivity contribution in [2.45, 2.75) is 20.8 Å². The van der Waals surface area contributed by atoms with Crippen LogP contribution in [-0.2, 0) is 0 Å². The average Bonchev–Trinajstić information content (AvgIpc) is 3.51. The molecule has 0 bridgehead atoms. The summed E-state index contributed by atoms with van der Waals surface area (Å²) in [6, 6.07) is 42.5. The SMILES string of the molecule is Cc1cc(C)c(-c2ccc3c(c2)c2ccccc2n3-c2cccc3c2C(=O)N(c2cccc(-c4ccccc4)c2)C3=O)c(C)c1. The Balaban J connectivity index is 1.30. The number of fused-ring (bicyclic) bond motifs is 4. The number of hydrogen-bond acceptors (Lipinski definition) is 2. The van der Waals surface area contributed by atoms with E-state index in [4.69, 9.17) is 0 Å². The van der Waals surface area contributed by atoms with Gasteiger partial charge in [-0.05, 0) is 96.6 Å². The number of para-hydroxylation sites is 1. The number of carbonyl (C=O) groups is 2. The molecule has 216 valence electrons. The summed E-state index contributed by atoms with van der Waals surface area (Å²) >= 11 is 0. The van der Waals surface area contributed by atoms with E-state index >= 15 is 0 Å². The molecule has 0 aliphatic carbocycles. The fourth-order valence-corrected chi connectivity index (χ4v) is 7.17. The topological polar surface area (TPSA) is 42.3 Å². The highest BCUT2D eigenvalue weighted by Crippen LogP contribution is 2.40. The fourth-order valence-electron chi connectivity index (χ4n) is 7.17. The Morgan fingerprint density at radius 3 is 1.98 bits per heavy atom. The third-order valence-electron chi connectivity index (χ3n) is 8.98. The quantitative estimate of drug-likeness (QED) is 0.194. The molecule has 0 N–H and O–H groups in total. The first-order valence-electron chi connectivity index (χ1n) is 15.2. The normalized spacial score (nSPS) is 12.8. The maximum atomic E-state index is 14.3. The molecule has 0 radical (unpaired) electrons. The first-order chi connectivity index (χ1) is 21.9. The van der Waals surface area contributed by atoms with E-state index in [1.807, 2.05) is 78.9 Å². The van der Waals surface area contributed by atoms with Crippen molar-refractivity contribution in [1.82, 2.24) is 4.57 Å². The Labute approximate surface area is 261 Å². The van der Waals surface area contributed by atoms with Crippen LogP contribution in [0.25, 0.3) is 49.7 Å². The Morgan fingerprint density at radius 1 is 0.489 bits per heavy atom. The summed E-state index contributed by atoms with van der Waals surface area (Å²) < 4.78 is 2.14. The van der Waals surface area contributed by atoms with Gasteiger partial charge in [-0.25, -0.2) is 4.90 Å². The predicted octanol–water partition coefficient (Wildman–Crippen LogP) is 9.84. The number of nitrogens with zero attached hydrogens (tertiary/aromatic N) is 2. The molecule has 2 amide bonds. The van der Waals surface area contributed by atoms with Gasteiger partial charge in [-0.15, -0.1) is 0 Å². The van der Waals surface area contributed by atoms with Crippen LogP contribution < -0.4 is 4.90 Å². The molecule has 1 aliphatic rings. The number of aromatic nitrogens is 1. The summed E-state index contributed by atoms with van der Waals surface area (Å²) in [7, 11) is 0. The van der Waals surface area contributed by atoms with E-state index in [1.165, 1.54) is 27.2 Å². The van der Waals surface area contributed by atoms with Crippen LogP contribution in [0.4, 0.5) is 5.69 Å². The van der Waals surface area contributed by atoms with Crippen molar-refractivity contribution in [3.05, 3.63) is 155 Å². The van der Waals surface area contributed by atoms with E-state index < -0.39 is 0 Å². The number of imide groups is 1. The van der Waals surface area contributed by atoms with Gasteiger partial charge in [0.05, 0.1) is 33.5 Å². The predicted molar refractivity (Wildman–Crippen MR) is 183 cm³/mol. The largest absolute Gasteiger partial charge is 0.308 e. The molecule has 0 saturated heterocycles. The van der Waals surface area contributed by atoms with Gasteiger partial charge < -0.3 is 4.57 Å². The number of anilines is 1. The molecule has 7 aromatic rings. The van der Waals surface area contributed by atoms with Gasteiger partial charge >= 0.3 is 0 Å². The number of rotatable bonds is 4. The smallest absolute Gasteiger partial charge is 0.268 e. The molecule has 1 aliphatic heterocycles. The maximum absolute atomic E-state index is 14.3. The lowest BCUT2D eigenvalue weighted by molar-refractivity contribution is 0.0926. The van der Waals surface area contributed by atoms with Gasteiger partial charge in [-0.2, -0.15) is 0 Å². The summed E-state index contributed by atoms with van der Waals surface area (Å²) in [6.07, 6.45) is 0. The number of benzene rings is 6. The van der Waals surface area contributed by atoms with Crippen molar-refractivity contribution in [3.8, 4) is 27.9 Å². The third-order valence-corrected chi connectivity index (χ3v) is 8.98. The van der Waals surface area contributed by atoms with Crippen molar-refractivity contribution in [2.24, 2.45) is 0 Å². The Hall–Kier alpha value is -5.74. The summed E-state index contributed by atoms with van der Waals surface area (Å²) in [5.74, 6) is -0.625. The highest BCUT2D eigenvalue weighted by Gasteiger charge is 2.39. The second-order valence-electron chi connectivity index (χ2n) is 11.9. The van der Waals surface area contributed by atoms with Gasteiger partial charge in [0.15, 0.2) is 0 Å². The van der Waals surface area contributed by atoms with Gasteiger partial charge in [0.2, 0.25) is 0 Å². The summed E-state index contributed by atoms with van der Waals surface area (Å²) in [5, 5.41) is 2.20. The Kier molecular flexibility index (Phi) is 6.07. The van der Waals surface area contributed by atoms with E-state index in [-0.39, 0.29) is 11.8 Å². The van der Waals surface area contributed by atoms with Gasteiger partial charge in [-0.3, -0.25) is 9.59 Å². The molecule has 8 rings (SSSR count). The minimum absolute atomic E-state index is 0.310. The fraction of sp³-hybridized carbons (Fsp3) is 0.0732. The van der Waals surface area contributed by atoms with Crippen molar-refractivity contribution in [3.63, 3.8) is 0 Å². The lowest BCUT2D eigenvalue weighted by atomic mass is 9.93. The van der Waals surface area contributed by atoms with Crippen LogP contribution in [0.5, 0.6) is 0 Å². The average molecular weight is 583 g/mol. The number of carbonyl (C=O) groups excluding carboxylic acids is 2. The molecule has 0 fully saturated rings. The zero-order chi connectivity index (χ0) is 30.8. The highest BCUT2D eigenvalue weighted by atomic mass is 16.2. The van der Waals surface area contributed by atoms with E-state index in [0.717, 1.165) is 38.5 Å². The van der Waals surface area contributed by atoms with Crippen LogP contribution in [-0.4, -0.2) is 16.4 Å². The molecule has 0 unspecified atom stereocenters. The van der Waals surface area contributed by atoms with Crippen LogP contribution in [0.15, 0.2) is 127 Å². The van der Waals surface area contributed by atoms with Gasteiger partial charge in [0, 0.05) is 10.8 Å². The summed E-state index contributed by atoms with van der Waals surface area (Å²) in [4.78, 5) is 29.5. The first-order valence-corrected chi connectivity index (χ1v) is 15.2. The van der Waals surface area contributed by atoms with Gasteiger partial charge in [0.25, 0.3) is 11.8 Å². The van der Waals surface area contributed by atoms with Crippen LogP contribution in [0.1, 0.15) is 37.4 Å². The molecule has 0 atom stereocenters. The lowest BCUT2D eigenvalue weighted by Gasteiger charge is -2.16. The molecule has 2 heterocycles. The van der Waals surface area contributed by atoms with Crippen molar-refractivity contribution < 1.29 is 9.59 Å². The van der Waals surface area contributed by atoms with Gasteiger partial charge in [-0.1, -0.05) is 90.5 Å². The second kappa shape index (κ2) is 10.2. The summed E-state index contributed by atoms with van der Waals surface area (Å²) in [6.45, 7) is 6.46. The molecule has 6 aromatic carbocycles. The van der Waals surface area contributed by atoms with Crippen molar-refractivity contribution in [2.75, 3.05) is 4.90 Å². The minimum atomic E-state index is -0.315. The minimum Gasteiger partial charge on any atom is -0.308 e. The molecule has 1 aromatic heterocycles. The molecule has 0 spiro atoms. The monoisotopic (exact) mass is 582 g/mol. The number of amides is 2. The molecule has 4 nitrogen and oxygen atoms in total. The van der Waals surface area contributed by atoms with E-state index in [0.29, 0.717) is 22.5 Å². The van der Waals surface area contributed by atoms with Crippen LogP contribution >= 0.6 is 0 Å². The maximum Gasteiger partial charge on any atom is 0.268 e. The number of hydrogen-bond donors (Lipinski definition) is 0. The zero-order valence-corrected chi connectivity index (χ0v) is 25.3. The van der Waals surface area contributed by atoms with Crippen LogP contribution in [0.2, 0.25) is 0 Å². The Morgan fingerprint density at radius 2 is 1.18 bits per heavy atom.